The summed E-state index contributed by atoms with van der Waals surface area (Å²) >= 11 is 7.42. The third-order valence-electron chi connectivity index (χ3n) is 3.68. The van der Waals surface area contributed by atoms with Crippen LogP contribution in [0.2, 0.25) is 5.02 Å². The molecule has 26 heavy (non-hydrogen) atoms. The van der Waals surface area contributed by atoms with Gasteiger partial charge in [-0.15, -0.1) is 11.3 Å². The smallest absolute Gasteiger partial charge is 0.230 e. The molecule has 0 radical (unpaired) electrons. The fourth-order valence-corrected chi connectivity index (χ4v) is 3.49. The molecular weight excluding hydrogens is 373 g/mol. The fourth-order valence-electron chi connectivity index (χ4n) is 2.50. The molecular formula is C19H17ClFN3OS. The van der Waals surface area contributed by atoms with Crippen molar-refractivity contribution in [3.8, 4) is 10.6 Å². The summed E-state index contributed by atoms with van der Waals surface area (Å²) in [6.45, 7) is 0. The minimum Gasteiger partial charge on any atom is -0.376 e. The summed E-state index contributed by atoms with van der Waals surface area (Å²) in [6.07, 6.45) is 0.130. The molecule has 0 unspecified atom stereocenters. The maximum absolute atomic E-state index is 13.3. The first-order valence-corrected chi connectivity index (χ1v) is 9.15. The van der Waals surface area contributed by atoms with Crippen LogP contribution in [0.3, 0.4) is 0 Å². The molecule has 134 valence electrons. The van der Waals surface area contributed by atoms with Gasteiger partial charge in [0, 0.05) is 30.1 Å². The second-order valence-corrected chi connectivity index (χ2v) is 7.23. The van der Waals surface area contributed by atoms with Crippen LogP contribution in [-0.2, 0) is 11.2 Å². The van der Waals surface area contributed by atoms with Gasteiger partial charge in [-0.05, 0) is 30.3 Å². The molecule has 0 aliphatic heterocycles. The SMILES string of the molecule is CN(C)c1ccc(Cl)cc1NC(=O)Cc1csc(-c2cccc(F)c2)n1. The first kappa shape index (κ1) is 18.4. The van der Waals surface area contributed by atoms with E-state index in [0.29, 0.717) is 27.0 Å². The lowest BCUT2D eigenvalue weighted by molar-refractivity contribution is -0.115. The topological polar surface area (TPSA) is 45.2 Å². The van der Waals surface area contributed by atoms with Crippen molar-refractivity contribution in [2.45, 2.75) is 6.42 Å². The molecule has 1 aromatic heterocycles. The molecule has 0 saturated heterocycles. The second kappa shape index (κ2) is 7.85. The molecule has 4 nitrogen and oxygen atoms in total. The highest BCUT2D eigenvalue weighted by molar-refractivity contribution is 7.13. The third kappa shape index (κ3) is 4.39. The highest BCUT2D eigenvalue weighted by atomic mass is 35.5. The first-order chi connectivity index (χ1) is 12.4. The van der Waals surface area contributed by atoms with Gasteiger partial charge in [-0.1, -0.05) is 23.7 Å². The molecule has 0 aliphatic carbocycles. The monoisotopic (exact) mass is 389 g/mol. The Kier molecular flexibility index (Phi) is 5.54. The van der Waals surface area contributed by atoms with Crippen molar-refractivity contribution in [3.05, 3.63) is 64.4 Å². The van der Waals surface area contributed by atoms with E-state index in [0.717, 1.165) is 5.69 Å². The van der Waals surface area contributed by atoms with Gasteiger partial charge in [-0.25, -0.2) is 9.37 Å². The zero-order chi connectivity index (χ0) is 18.7. The van der Waals surface area contributed by atoms with E-state index in [9.17, 15) is 9.18 Å². The van der Waals surface area contributed by atoms with Crippen molar-refractivity contribution < 1.29 is 9.18 Å². The molecule has 2 aromatic carbocycles. The number of rotatable bonds is 5. The number of amides is 1. The van der Waals surface area contributed by atoms with Crippen molar-refractivity contribution in [1.29, 1.82) is 0 Å². The van der Waals surface area contributed by atoms with Crippen LogP contribution in [0.4, 0.5) is 15.8 Å². The van der Waals surface area contributed by atoms with Gasteiger partial charge in [0.05, 0.1) is 23.5 Å². The predicted octanol–water partition coefficient (Wildman–Crippen LogP) is 4.85. The van der Waals surface area contributed by atoms with E-state index in [1.165, 1.54) is 23.5 Å². The first-order valence-electron chi connectivity index (χ1n) is 7.89. The lowest BCUT2D eigenvalue weighted by Gasteiger charge is -2.18. The molecule has 1 amide bonds. The van der Waals surface area contributed by atoms with Crippen LogP contribution in [0, 0.1) is 5.82 Å². The van der Waals surface area contributed by atoms with Crippen LogP contribution >= 0.6 is 22.9 Å². The van der Waals surface area contributed by atoms with E-state index in [1.54, 1.807) is 24.3 Å². The van der Waals surface area contributed by atoms with E-state index in [-0.39, 0.29) is 18.1 Å². The quantitative estimate of drug-likeness (QED) is 0.678. The largest absolute Gasteiger partial charge is 0.376 e. The summed E-state index contributed by atoms with van der Waals surface area (Å²) in [7, 11) is 3.79. The molecule has 1 heterocycles. The summed E-state index contributed by atoms with van der Waals surface area (Å²) in [4.78, 5) is 18.7. The van der Waals surface area contributed by atoms with Crippen LogP contribution in [-0.4, -0.2) is 25.0 Å². The summed E-state index contributed by atoms with van der Waals surface area (Å²) in [5, 5.41) is 5.92. The molecule has 0 aliphatic rings. The van der Waals surface area contributed by atoms with E-state index >= 15 is 0 Å². The van der Waals surface area contributed by atoms with Gasteiger partial charge in [0.1, 0.15) is 10.8 Å². The number of halogens is 2. The summed E-state index contributed by atoms with van der Waals surface area (Å²) < 4.78 is 13.3. The average Bonchev–Trinajstić information content (AvgIpc) is 3.03. The molecule has 0 fully saturated rings. The Labute approximate surface area is 160 Å². The van der Waals surface area contributed by atoms with Crippen LogP contribution in [0.1, 0.15) is 5.69 Å². The summed E-state index contributed by atoms with van der Waals surface area (Å²) in [5.74, 6) is -0.499. The highest BCUT2D eigenvalue weighted by Crippen LogP contribution is 2.28. The van der Waals surface area contributed by atoms with Crippen LogP contribution < -0.4 is 10.2 Å². The minimum atomic E-state index is -0.311. The van der Waals surface area contributed by atoms with Gasteiger partial charge in [0.25, 0.3) is 0 Å². The van der Waals surface area contributed by atoms with Gasteiger partial charge in [0.15, 0.2) is 0 Å². The van der Waals surface area contributed by atoms with Crippen LogP contribution in [0.5, 0.6) is 0 Å². The Morgan fingerprint density at radius 3 is 2.81 bits per heavy atom. The van der Waals surface area contributed by atoms with Crippen molar-refractivity contribution in [1.82, 2.24) is 4.98 Å². The maximum atomic E-state index is 13.3. The van der Waals surface area contributed by atoms with E-state index in [2.05, 4.69) is 10.3 Å². The molecule has 3 aromatic rings. The van der Waals surface area contributed by atoms with E-state index in [4.69, 9.17) is 11.6 Å². The number of thiazole rings is 1. The lowest BCUT2D eigenvalue weighted by atomic mass is 10.2. The molecule has 0 spiro atoms. The van der Waals surface area contributed by atoms with Gasteiger partial charge in [-0.2, -0.15) is 0 Å². The predicted molar refractivity (Wildman–Crippen MR) is 106 cm³/mol. The molecule has 0 atom stereocenters. The molecule has 7 heteroatoms. The number of anilines is 2. The summed E-state index contributed by atoms with van der Waals surface area (Å²) in [6, 6.07) is 11.6. The number of benzene rings is 2. The normalized spacial score (nSPS) is 10.6. The number of hydrogen-bond donors (Lipinski definition) is 1. The number of hydrogen-bond acceptors (Lipinski definition) is 4. The number of nitrogens with one attached hydrogen (secondary N) is 1. The Morgan fingerprint density at radius 2 is 2.08 bits per heavy atom. The van der Waals surface area contributed by atoms with Gasteiger partial charge < -0.3 is 10.2 Å². The zero-order valence-electron chi connectivity index (χ0n) is 14.3. The molecule has 1 N–H and O–H groups in total. The minimum absolute atomic E-state index is 0.130. The van der Waals surface area contributed by atoms with E-state index in [1.807, 2.05) is 30.4 Å². The maximum Gasteiger partial charge on any atom is 0.230 e. The van der Waals surface area contributed by atoms with Crippen molar-refractivity contribution in [2.24, 2.45) is 0 Å². The third-order valence-corrected chi connectivity index (χ3v) is 4.85. The average molecular weight is 390 g/mol. The zero-order valence-corrected chi connectivity index (χ0v) is 15.9. The number of aromatic nitrogens is 1. The number of carbonyl (C=O) groups excluding carboxylic acids is 1. The van der Waals surface area contributed by atoms with Crippen molar-refractivity contribution >= 4 is 40.2 Å². The summed E-state index contributed by atoms with van der Waals surface area (Å²) in [5.41, 5.74) is 2.85. The highest BCUT2D eigenvalue weighted by Gasteiger charge is 2.13. The fraction of sp³-hybridized carbons (Fsp3) is 0.158. The Hall–Kier alpha value is -2.44. The van der Waals surface area contributed by atoms with E-state index < -0.39 is 0 Å². The molecule has 0 bridgehead atoms. The van der Waals surface area contributed by atoms with Gasteiger partial charge in [-0.3, -0.25) is 4.79 Å². The molecule has 0 saturated carbocycles. The van der Waals surface area contributed by atoms with Gasteiger partial charge in [0.2, 0.25) is 5.91 Å². The van der Waals surface area contributed by atoms with Crippen LogP contribution in [0.25, 0.3) is 10.6 Å². The van der Waals surface area contributed by atoms with Crippen molar-refractivity contribution in [3.63, 3.8) is 0 Å². The Balaban J connectivity index is 1.73. The standard InChI is InChI=1S/C19H17ClFN3OS/c1-24(2)17-7-6-13(20)9-16(17)23-18(25)10-15-11-26-19(22-15)12-4-3-5-14(21)8-12/h3-9,11H,10H2,1-2H3,(H,23,25). The Morgan fingerprint density at radius 1 is 1.27 bits per heavy atom. The van der Waals surface area contributed by atoms with Crippen molar-refractivity contribution in [2.75, 3.05) is 24.3 Å². The number of nitrogens with zero attached hydrogens (tertiary/aromatic N) is 2. The van der Waals surface area contributed by atoms with Gasteiger partial charge >= 0.3 is 0 Å². The number of carbonyl (C=O) groups is 1. The second-order valence-electron chi connectivity index (χ2n) is 5.94. The van der Waals surface area contributed by atoms with Crippen LogP contribution in [0.15, 0.2) is 47.8 Å². The lowest BCUT2D eigenvalue weighted by Crippen LogP contribution is -2.18. The Bertz CT molecular complexity index is 942. The molecule has 3 rings (SSSR count).